The fourth-order valence-electron chi connectivity index (χ4n) is 3.31. The molecule has 0 aliphatic carbocycles. The lowest BCUT2D eigenvalue weighted by atomic mass is 10.1. The van der Waals surface area contributed by atoms with E-state index in [0.29, 0.717) is 19.5 Å². The summed E-state index contributed by atoms with van der Waals surface area (Å²) in [6.07, 6.45) is 0.0115. The van der Waals surface area contributed by atoms with Crippen molar-refractivity contribution in [2.75, 3.05) is 13.2 Å². The second kappa shape index (κ2) is 9.90. The molecule has 1 aliphatic rings. The monoisotopic (exact) mass is 382 g/mol. The molecule has 0 aromatic heterocycles. The molecule has 1 aliphatic heterocycles. The Hall–Kier alpha value is -2.86. The lowest BCUT2D eigenvalue weighted by Crippen LogP contribution is -2.42. The fourth-order valence-corrected chi connectivity index (χ4v) is 3.31. The molecule has 6 heteroatoms. The minimum atomic E-state index is -0.628. The van der Waals surface area contributed by atoms with Crippen molar-refractivity contribution in [3.8, 4) is 0 Å². The van der Waals surface area contributed by atoms with Crippen LogP contribution in [-0.2, 0) is 27.4 Å². The van der Waals surface area contributed by atoms with Crippen LogP contribution >= 0.6 is 0 Å². The predicted octanol–water partition coefficient (Wildman–Crippen LogP) is 3.12. The Morgan fingerprint density at radius 2 is 1.64 bits per heavy atom. The maximum Gasteiger partial charge on any atom is 0.410 e. The van der Waals surface area contributed by atoms with Crippen molar-refractivity contribution in [2.24, 2.45) is 0 Å². The third kappa shape index (κ3) is 5.33. The van der Waals surface area contributed by atoms with Gasteiger partial charge in [0.2, 0.25) is 0 Å². The lowest BCUT2D eigenvalue weighted by Gasteiger charge is -2.22. The molecule has 6 nitrogen and oxygen atoms in total. The molecule has 148 valence electrons. The van der Waals surface area contributed by atoms with E-state index in [4.69, 9.17) is 9.47 Å². The van der Waals surface area contributed by atoms with Gasteiger partial charge in [-0.05, 0) is 24.5 Å². The van der Waals surface area contributed by atoms with E-state index in [2.05, 4.69) is 5.32 Å². The average Bonchev–Trinajstić information content (AvgIpc) is 3.17. The summed E-state index contributed by atoms with van der Waals surface area (Å²) < 4.78 is 10.6. The smallest absolute Gasteiger partial charge is 0.410 e. The molecule has 1 saturated heterocycles. The summed E-state index contributed by atoms with van der Waals surface area (Å²) in [5.41, 5.74) is 2.06. The van der Waals surface area contributed by atoms with Crippen LogP contribution in [0, 0.1) is 0 Å². The van der Waals surface area contributed by atoms with Crippen LogP contribution in [0.5, 0.6) is 0 Å². The van der Waals surface area contributed by atoms with Crippen molar-refractivity contribution in [1.29, 1.82) is 0 Å². The summed E-state index contributed by atoms with van der Waals surface area (Å²) in [6, 6.07) is 18.9. The number of carbonyl (C=O) groups excluding carboxylic acids is 2. The normalized spacial score (nSPS) is 18.7. The van der Waals surface area contributed by atoms with Crippen molar-refractivity contribution in [2.45, 2.75) is 38.6 Å². The van der Waals surface area contributed by atoms with Gasteiger partial charge in [-0.3, -0.25) is 4.90 Å². The van der Waals surface area contributed by atoms with Gasteiger partial charge in [0.25, 0.3) is 0 Å². The fraction of sp³-hybridized carbons (Fsp3) is 0.364. The molecule has 0 unspecified atom stereocenters. The SMILES string of the molecule is CCOC(=O)[C@@H]1C[C@H](NCc2ccccc2)CN1C(=O)OCc1ccccc1. The van der Waals surface area contributed by atoms with Gasteiger partial charge in [-0.1, -0.05) is 60.7 Å². The van der Waals surface area contributed by atoms with Crippen LogP contribution in [0.25, 0.3) is 0 Å². The highest BCUT2D eigenvalue weighted by atomic mass is 16.6. The van der Waals surface area contributed by atoms with E-state index in [1.54, 1.807) is 6.92 Å². The van der Waals surface area contributed by atoms with E-state index in [9.17, 15) is 9.59 Å². The minimum absolute atomic E-state index is 0.00103. The quantitative estimate of drug-likeness (QED) is 0.745. The van der Waals surface area contributed by atoms with E-state index in [0.717, 1.165) is 11.1 Å². The highest BCUT2D eigenvalue weighted by Crippen LogP contribution is 2.21. The van der Waals surface area contributed by atoms with Gasteiger partial charge >= 0.3 is 12.1 Å². The Kier molecular flexibility index (Phi) is 7.03. The second-order valence-corrected chi connectivity index (χ2v) is 6.76. The number of likely N-dealkylation sites (tertiary alicyclic amines) is 1. The van der Waals surface area contributed by atoms with Crippen molar-refractivity contribution in [1.82, 2.24) is 10.2 Å². The number of carbonyl (C=O) groups is 2. The van der Waals surface area contributed by atoms with Crippen molar-refractivity contribution >= 4 is 12.1 Å². The summed E-state index contributed by atoms with van der Waals surface area (Å²) in [6.45, 7) is 3.30. The number of nitrogens with zero attached hydrogens (tertiary/aromatic N) is 1. The second-order valence-electron chi connectivity index (χ2n) is 6.76. The highest BCUT2D eigenvalue weighted by Gasteiger charge is 2.41. The van der Waals surface area contributed by atoms with Gasteiger partial charge in [0.1, 0.15) is 12.6 Å². The van der Waals surface area contributed by atoms with Crippen molar-refractivity contribution < 1.29 is 19.1 Å². The number of ether oxygens (including phenoxy) is 2. The predicted molar refractivity (Wildman–Crippen MR) is 105 cm³/mol. The zero-order chi connectivity index (χ0) is 19.8. The molecule has 0 spiro atoms. The Morgan fingerprint density at radius 1 is 1.00 bits per heavy atom. The van der Waals surface area contributed by atoms with Crippen LogP contribution in [0.1, 0.15) is 24.5 Å². The molecule has 28 heavy (non-hydrogen) atoms. The number of benzene rings is 2. The maximum absolute atomic E-state index is 12.6. The molecular weight excluding hydrogens is 356 g/mol. The molecular formula is C22H26N2O4. The van der Waals surface area contributed by atoms with Crippen LogP contribution in [0.3, 0.4) is 0 Å². The lowest BCUT2D eigenvalue weighted by molar-refractivity contribution is -0.147. The average molecular weight is 382 g/mol. The molecule has 1 fully saturated rings. The summed E-state index contributed by atoms with van der Waals surface area (Å²) in [5, 5.41) is 3.43. The van der Waals surface area contributed by atoms with Gasteiger partial charge in [-0.2, -0.15) is 0 Å². The first kappa shape index (κ1) is 19.9. The van der Waals surface area contributed by atoms with E-state index < -0.39 is 12.1 Å². The molecule has 0 bridgehead atoms. The molecule has 0 radical (unpaired) electrons. The zero-order valence-electron chi connectivity index (χ0n) is 16.0. The first-order valence-electron chi connectivity index (χ1n) is 9.58. The van der Waals surface area contributed by atoms with E-state index in [1.165, 1.54) is 4.90 Å². The molecule has 2 atom stereocenters. The molecule has 0 saturated carbocycles. The van der Waals surface area contributed by atoms with Gasteiger partial charge in [0, 0.05) is 19.1 Å². The third-order valence-corrected chi connectivity index (χ3v) is 4.74. The number of hydrogen-bond donors (Lipinski definition) is 1. The summed E-state index contributed by atoms with van der Waals surface area (Å²) >= 11 is 0. The Labute approximate surface area is 165 Å². The van der Waals surface area contributed by atoms with Crippen LogP contribution in [-0.4, -0.2) is 42.2 Å². The largest absolute Gasteiger partial charge is 0.464 e. The first-order valence-corrected chi connectivity index (χ1v) is 9.58. The van der Waals surface area contributed by atoms with E-state index in [-0.39, 0.29) is 25.2 Å². The molecule has 2 aromatic carbocycles. The summed E-state index contributed by atoms with van der Waals surface area (Å²) in [5.74, 6) is -0.386. The Balaban J connectivity index is 1.60. The van der Waals surface area contributed by atoms with Gasteiger partial charge in [0.15, 0.2) is 0 Å². The third-order valence-electron chi connectivity index (χ3n) is 4.74. The van der Waals surface area contributed by atoms with Gasteiger partial charge in [0.05, 0.1) is 6.61 Å². The van der Waals surface area contributed by atoms with Crippen molar-refractivity contribution in [3.63, 3.8) is 0 Å². The molecule has 1 heterocycles. The van der Waals surface area contributed by atoms with Crippen LogP contribution in [0.4, 0.5) is 4.79 Å². The number of hydrogen-bond acceptors (Lipinski definition) is 5. The zero-order valence-corrected chi connectivity index (χ0v) is 16.0. The Bertz CT molecular complexity index is 767. The topological polar surface area (TPSA) is 67.9 Å². The van der Waals surface area contributed by atoms with Gasteiger partial charge < -0.3 is 14.8 Å². The number of nitrogens with one attached hydrogen (secondary N) is 1. The van der Waals surface area contributed by atoms with E-state index in [1.807, 2.05) is 60.7 Å². The van der Waals surface area contributed by atoms with E-state index >= 15 is 0 Å². The standard InChI is InChI=1S/C22H26N2O4/c1-2-27-21(25)20-13-19(23-14-17-9-5-3-6-10-17)15-24(20)22(26)28-16-18-11-7-4-8-12-18/h3-12,19-20,23H,2,13-16H2,1H3/t19-,20-/m0/s1. The molecule has 1 amide bonds. The molecule has 1 N–H and O–H groups in total. The Morgan fingerprint density at radius 3 is 2.29 bits per heavy atom. The minimum Gasteiger partial charge on any atom is -0.464 e. The van der Waals surface area contributed by atoms with Crippen LogP contribution in [0.2, 0.25) is 0 Å². The van der Waals surface area contributed by atoms with Crippen LogP contribution in [0.15, 0.2) is 60.7 Å². The van der Waals surface area contributed by atoms with Gasteiger partial charge in [-0.25, -0.2) is 9.59 Å². The number of rotatable bonds is 7. The van der Waals surface area contributed by atoms with Gasteiger partial charge in [-0.15, -0.1) is 0 Å². The first-order chi connectivity index (χ1) is 13.7. The molecule has 3 rings (SSSR count). The highest BCUT2D eigenvalue weighted by molar-refractivity contribution is 5.82. The number of amides is 1. The van der Waals surface area contributed by atoms with Crippen LogP contribution < -0.4 is 5.32 Å². The maximum atomic E-state index is 12.6. The summed E-state index contributed by atoms with van der Waals surface area (Å²) in [4.78, 5) is 26.5. The summed E-state index contributed by atoms with van der Waals surface area (Å²) in [7, 11) is 0. The number of esters is 1. The van der Waals surface area contributed by atoms with Crippen molar-refractivity contribution in [3.05, 3.63) is 71.8 Å². The molecule has 2 aromatic rings.